The molecule has 0 spiro atoms. The van der Waals surface area contributed by atoms with E-state index in [-0.39, 0.29) is 17.5 Å². The molecule has 0 fully saturated rings. The van der Waals surface area contributed by atoms with Gasteiger partial charge in [0.05, 0.1) is 18.4 Å². The molecule has 0 bridgehead atoms. The highest BCUT2D eigenvalue weighted by Gasteiger charge is 2.19. The maximum atomic E-state index is 11.5. The third kappa shape index (κ3) is 13.9. The van der Waals surface area contributed by atoms with Gasteiger partial charge in [0, 0.05) is 13.5 Å². The number of nitrogens with zero attached hydrogens (tertiary/aromatic N) is 1. The van der Waals surface area contributed by atoms with E-state index in [0.717, 1.165) is 35.6 Å². The lowest BCUT2D eigenvalue weighted by molar-refractivity contribution is -0.155. The first-order valence-electron chi connectivity index (χ1n) is 12.4. The molecule has 1 unspecified atom stereocenters. The van der Waals surface area contributed by atoms with Gasteiger partial charge in [0.25, 0.3) is 0 Å². The van der Waals surface area contributed by atoms with Crippen LogP contribution in [0.2, 0.25) is 0 Å². The van der Waals surface area contributed by atoms with Crippen molar-refractivity contribution in [1.82, 2.24) is 0 Å². The summed E-state index contributed by atoms with van der Waals surface area (Å²) < 4.78 is 9.98. The van der Waals surface area contributed by atoms with Crippen molar-refractivity contribution in [2.24, 2.45) is 10.9 Å². The number of methoxy groups -OCH3 is 1. The quantitative estimate of drug-likeness (QED) is 0.351. The van der Waals surface area contributed by atoms with Gasteiger partial charge in [0.1, 0.15) is 5.60 Å². The molecule has 0 amide bonds. The molecule has 0 saturated heterocycles. The first-order chi connectivity index (χ1) is 15.5. The Morgan fingerprint density at radius 2 is 1.73 bits per heavy atom. The number of ether oxygens (including phenoxy) is 2. The largest absolute Gasteiger partial charge is 0.465 e. The Kier molecular flexibility index (Phi) is 18.3. The van der Waals surface area contributed by atoms with E-state index in [4.69, 9.17) is 9.47 Å². The zero-order chi connectivity index (χ0) is 26.0. The number of carbonyl (C=O) groups excluding carboxylic acids is 2. The number of esters is 2. The van der Waals surface area contributed by atoms with E-state index in [1.54, 1.807) is 13.1 Å². The van der Waals surface area contributed by atoms with Crippen molar-refractivity contribution >= 4 is 17.7 Å². The topological polar surface area (TPSA) is 65.0 Å². The predicted molar refractivity (Wildman–Crippen MR) is 141 cm³/mol. The lowest BCUT2D eigenvalue weighted by Crippen LogP contribution is -2.23. The SMILES string of the molecule is C/C=C1\C(=NC)C=CC(C(=O)OC)=C1C.CC.CCCC(CC)CCCC(=O)OC(C)(C)C. The summed E-state index contributed by atoms with van der Waals surface area (Å²) in [5.41, 5.74) is 3.04. The third-order valence-corrected chi connectivity index (χ3v) is 5.11. The Hall–Kier alpha value is -2.17. The molecule has 1 aliphatic carbocycles. The van der Waals surface area contributed by atoms with Gasteiger partial charge < -0.3 is 9.47 Å². The number of hydrogen-bond donors (Lipinski definition) is 0. The summed E-state index contributed by atoms with van der Waals surface area (Å²) in [6, 6.07) is 0. The van der Waals surface area contributed by atoms with Gasteiger partial charge in [-0.05, 0) is 76.7 Å². The summed E-state index contributed by atoms with van der Waals surface area (Å²) in [4.78, 5) is 27.0. The molecule has 1 atom stereocenters. The molecular formula is C28H49NO4. The average Bonchev–Trinajstić information content (AvgIpc) is 2.78. The van der Waals surface area contributed by atoms with Gasteiger partial charge in [-0.25, -0.2) is 4.79 Å². The molecule has 0 aromatic carbocycles. The summed E-state index contributed by atoms with van der Waals surface area (Å²) in [5.74, 6) is 0.421. The summed E-state index contributed by atoms with van der Waals surface area (Å²) >= 11 is 0. The Morgan fingerprint density at radius 1 is 1.12 bits per heavy atom. The fourth-order valence-electron chi connectivity index (χ4n) is 3.49. The normalized spacial score (nSPS) is 16.5. The van der Waals surface area contributed by atoms with Gasteiger partial charge >= 0.3 is 11.9 Å². The summed E-state index contributed by atoms with van der Waals surface area (Å²) in [6.45, 7) is 18.0. The smallest absolute Gasteiger partial charge is 0.338 e. The van der Waals surface area contributed by atoms with Crippen LogP contribution in [0.5, 0.6) is 0 Å². The second kappa shape index (κ2) is 18.3. The standard InChI is InChI=1S/C14H28O2.C12H15NO2.C2H6/c1-6-9-12(7-2)10-8-11-13(15)16-14(3,4)5;1-5-9-8(2)10(12(14)15-4)6-7-11(9)13-3;1-2/h12H,6-11H2,1-5H3;5-7H,1-4H3;1-2H3/b;9-5-,13-11?;. The van der Waals surface area contributed by atoms with Crippen LogP contribution in [0.4, 0.5) is 0 Å². The lowest BCUT2D eigenvalue weighted by Gasteiger charge is -2.20. The Labute approximate surface area is 203 Å². The minimum Gasteiger partial charge on any atom is -0.465 e. The highest BCUT2D eigenvalue weighted by Crippen LogP contribution is 2.23. The number of allylic oxidation sites excluding steroid dienone is 4. The van der Waals surface area contributed by atoms with E-state index >= 15 is 0 Å². The van der Waals surface area contributed by atoms with Crippen LogP contribution in [0, 0.1) is 5.92 Å². The maximum Gasteiger partial charge on any atom is 0.338 e. The molecule has 1 aliphatic rings. The van der Waals surface area contributed by atoms with Gasteiger partial charge in [-0.1, -0.05) is 53.0 Å². The summed E-state index contributed by atoms with van der Waals surface area (Å²) in [5, 5.41) is 0. The van der Waals surface area contributed by atoms with Crippen molar-refractivity contribution in [2.45, 2.75) is 106 Å². The van der Waals surface area contributed by atoms with Crippen LogP contribution >= 0.6 is 0 Å². The molecule has 5 nitrogen and oxygen atoms in total. The van der Waals surface area contributed by atoms with Gasteiger partial charge in [-0.15, -0.1) is 0 Å². The number of rotatable bonds is 8. The van der Waals surface area contributed by atoms with Crippen molar-refractivity contribution in [3.8, 4) is 0 Å². The monoisotopic (exact) mass is 463 g/mol. The van der Waals surface area contributed by atoms with Crippen LogP contribution in [0.15, 0.2) is 39.9 Å². The number of carbonyl (C=O) groups is 2. The highest BCUT2D eigenvalue weighted by atomic mass is 16.6. The number of aliphatic imine (C=N–C) groups is 1. The second-order valence-electron chi connectivity index (χ2n) is 8.72. The van der Waals surface area contributed by atoms with E-state index in [9.17, 15) is 9.59 Å². The molecule has 33 heavy (non-hydrogen) atoms. The third-order valence-electron chi connectivity index (χ3n) is 5.11. The molecule has 0 saturated carbocycles. The zero-order valence-electron chi connectivity index (χ0n) is 23.1. The molecule has 1 rings (SSSR count). The minimum atomic E-state index is -0.343. The Balaban J connectivity index is 0. The van der Waals surface area contributed by atoms with Crippen molar-refractivity contribution in [2.75, 3.05) is 14.2 Å². The van der Waals surface area contributed by atoms with E-state index in [1.807, 2.05) is 60.6 Å². The molecule has 190 valence electrons. The van der Waals surface area contributed by atoms with E-state index < -0.39 is 0 Å². The van der Waals surface area contributed by atoms with Gasteiger partial charge in [0.15, 0.2) is 0 Å². The van der Waals surface area contributed by atoms with Crippen LogP contribution in [-0.4, -0.2) is 37.4 Å². The summed E-state index contributed by atoms with van der Waals surface area (Å²) in [7, 11) is 3.12. The predicted octanol–water partition coefficient (Wildman–Crippen LogP) is 7.41. The molecule has 5 heteroatoms. The van der Waals surface area contributed by atoms with E-state index in [2.05, 4.69) is 18.8 Å². The second-order valence-corrected chi connectivity index (χ2v) is 8.72. The Morgan fingerprint density at radius 3 is 2.15 bits per heavy atom. The molecule has 0 N–H and O–H groups in total. The maximum absolute atomic E-state index is 11.5. The molecule has 0 aromatic heterocycles. The van der Waals surface area contributed by atoms with Crippen molar-refractivity contribution in [1.29, 1.82) is 0 Å². The minimum absolute atomic E-state index is 0.0566. The van der Waals surface area contributed by atoms with Crippen molar-refractivity contribution in [3.05, 3.63) is 34.9 Å². The van der Waals surface area contributed by atoms with Gasteiger partial charge in [-0.3, -0.25) is 9.79 Å². The molecule has 0 aromatic rings. The summed E-state index contributed by atoms with van der Waals surface area (Å²) in [6.07, 6.45) is 12.0. The first kappa shape index (κ1) is 33.0. The zero-order valence-corrected chi connectivity index (χ0v) is 23.1. The van der Waals surface area contributed by atoms with Crippen molar-refractivity contribution in [3.63, 3.8) is 0 Å². The highest BCUT2D eigenvalue weighted by molar-refractivity contribution is 6.15. The van der Waals surface area contributed by atoms with Crippen LogP contribution in [0.1, 0.15) is 101 Å². The van der Waals surface area contributed by atoms with Crippen LogP contribution in [0.3, 0.4) is 0 Å². The number of hydrogen-bond acceptors (Lipinski definition) is 5. The van der Waals surface area contributed by atoms with Crippen LogP contribution in [-0.2, 0) is 19.1 Å². The van der Waals surface area contributed by atoms with E-state index in [0.29, 0.717) is 12.0 Å². The average molecular weight is 464 g/mol. The fourth-order valence-corrected chi connectivity index (χ4v) is 3.49. The van der Waals surface area contributed by atoms with Crippen molar-refractivity contribution < 1.29 is 19.1 Å². The molecule has 0 radical (unpaired) electrons. The van der Waals surface area contributed by atoms with E-state index in [1.165, 1.54) is 26.4 Å². The lowest BCUT2D eigenvalue weighted by atomic mass is 9.92. The molecule has 0 aliphatic heterocycles. The van der Waals surface area contributed by atoms with Crippen LogP contribution < -0.4 is 0 Å². The first-order valence-corrected chi connectivity index (χ1v) is 12.4. The fraction of sp³-hybridized carbons (Fsp3) is 0.679. The molecular weight excluding hydrogens is 414 g/mol. The molecule has 0 heterocycles. The van der Waals surface area contributed by atoms with Crippen LogP contribution in [0.25, 0.3) is 0 Å². The van der Waals surface area contributed by atoms with Gasteiger partial charge in [0.2, 0.25) is 0 Å². The van der Waals surface area contributed by atoms with Gasteiger partial charge in [-0.2, -0.15) is 0 Å². The Bertz CT molecular complexity index is 706.